The van der Waals surface area contributed by atoms with E-state index < -0.39 is 28.5 Å². The van der Waals surface area contributed by atoms with Crippen molar-refractivity contribution in [3.63, 3.8) is 0 Å². The molecule has 0 radical (unpaired) electrons. The second kappa shape index (κ2) is 12.2. The van der Waals surface area contributed by atoms with Crippen LogP contribution >= 0.6 is 15.9 Å². The van der Waals surface area contributed by atoms with Gasteiger partial charge < -0.3 is 10.2 Å². The number of benzene rings is 2. The van der Waals surface area contributed by atoms with Gasteiger partial charge in [-0.3, -0.25) is 13.9 Å². The van der Waals surface area contributed by atoms with E-state index in [-0.39, 0.29) is 12.5 Å². The summed E-state index contributed by atoms with van der Waals surface area (Å²) < 4.78 is 27.2. The van der Waals surface area contributed by atoms with Gasteiger partial charge in [-0.25, -0.2) is 8.42 Å². The number of carbonyl (C=O) groups is 2. The lowest BCUT2D eigenvalue weighted by Gasteiger charge is -2.32. The van der Waals surface area contributed by atoms with Crippen LogP contribution in [-0.2, 0) is 26.2 Å². The maximum absolute atomic E-state index is 13.5. The molecule has 0 aliphatic carbocycles. The molecule has 2 aromatic rings. The Morgan fingerprint density at radius 3 is 2.30 bits per heavy atom. The molecule has 0 aromatic heterocycles. The van der Waals surface area contributed by atoms with Crippen molar-refractivity contribution < 1.29 is 18.0 Å². The molecule has 1 N–H and O–H groups in total. The van der Waals surface area contributed by atoms with Crippen LogP contribution in [0.15, 0.2) is 53.0 Å². The van der Waals surface area contributed by atoms with Gasteiger partial charge in [0.2, 0.25) is 21.8 Å². The van der Waals surface area contributed by atoms with Gasteiger partial charge in [-0.2, -0.15) is 0 Å². The van der Waals surface area contributed by atoms with Crippen LogP contribution in [0.25, 0.3) is 0 Å². The summed E-state index contributed by atoms with van der Waals surface area (Å²) in [6.07, 6.45) is 2.86. The van der Waals surface area contributed by atoms with Crippen LogP contribution in [0.3, 0.4) is 0 Å². The number of anilines is 1. The molecule has 0 heterocycles. The third kappa shape index (κ3) is 7.85. The van der Waals surface area contributed by atoms with Gasteiger partial charge in [0.05, 0.1) is 11.9 Å². The molecular formula is C24H32BrN3O4S. The summed E-state index contributed by atoms with van der Waals surface area (Å²) in [4.78, 5) is 27.7. The Morgan fingerprint density at radius 2 is 1.73 bits per heavy atom. The van der Waals surface area contributed by atoms with Crippen molar-refractivity contribution in [1.29, 1.82) is 0 Å². The van der Waals surface area contributed by atoms with E-state index in [1.807, 2.05) is 37.3 Å². The van der Waals surface area contributed by atoms with Crippen molar-refractivity contribution in [2.24, 2.45) is 0 Å². The fourth-order valence-electron chi connectivity index (χ4n) is 3.34. The molecule has 9 heteroatoms. The van der Waals surface area contributed by atoms with Crippen LogP contribution in [0.1, 0.15) is 37.8 Å². The summed E-state index contributed by atoms with van der Waals surface area (Å²) >= 11 is 3.40. The molecule has 0 aliphatic rings. The Kier molecular flexibility index (Phi) is 9.91. The quantitative estimate of drug-likeness (QED) is 0.441. The number of nitrogens with one attached hydrogen (secondary N) is 1. The lowest BCUT2D eigenvalue weighted by molar-refractivity contribution is -0.139. The highest BCUT2D eigenvalue weighted by Gasteiger charge is 2.30. The lowest BCUT2D eigenvalue weighted by Crippen LogP contribution is -2.51. The largest absolute Gasteiger partial charge is 0.354 e. The Labute approximate surface area is 205 Å². The van der Waals surface area contributed by atoms with Gasteiger partial charge in [0.1, 0.15) is 12.6 Å². The SMILES string of the molecule is CCCCNC(=O)[C@H](C)N(Cc1ccc(Br)cc1)C(=O)CN(c1ccccc1C)S(C)(=O)=O. The van der Waals surface area contributed by atoms with Crippen LogP contribution in [0.4, 0.5) is 5.69 Å². The van der Waals surface area contributed by atoms with E-state index >= 15 is 0 Å². The summed E-state index contributed by atoms with van der Waals surface area (Å²) in [5, 5.41) is 2.87. The Hall–Kier alpha value is -2.39. The highest BCUT2D eigenvalue weighted by Crippen LogP contribution is 2.23. The van der Waals surface area contributed by atoms with Crippen molar-refractivity contribution in [2.75, 3.05) is 23.7 Å². The van der Waals surface area contributed by atoms with Crippen LogP contribution in [0.5, 0.6) is 0 Å². The molecule has 0 unspecified atom stereocenters. The molecule has 2 rings (SSSR count). The Bertz CT molecular complexity index is 1060. The molecule has 180 valence electrons. The lowest BCUT2D eigenvalue weighted by atomic mass is 10.1. The fourth-order valence-corrected chi connectivity index (χ4v) is 4.51. The van der Waals surface area contributed by atoms with E-state index in [4.69, 9.17) is 0 Å². The van der Waals surface area contributed by atoms with E-state index in [0.29, 0.717) is 12.2 Å². The molecule has 33 heavy (non-hydrogen) atoms. The number of aryl methyl sites for hydroxylation is 1. The average Bonchev–Trinajstić information content (AvgIpc) is 2.76. The first kappa shape index (κ1) is 26.9. The second-order valence-corrected chi connectivity index (χ2v) is 10.8. The summed E-state index contributed by atoms with van der Waals surface area (Å²) in [5.41, 5.74) is 2.01. The first-order valence-corrected chi connectivity index (χ1v) is 13.5. The highest BCUT2D eigenvalue weighted by molar-refractivity contribution is 9.10. The number of amides is 2. The van der Waals surface area contributed by atoms with Gasteiger partial charge in [0.25, 0.3) is 0 Å². The third-order valence-corrected chi connectivity index (χ3v) is 6.98. The molecule has 0 bridgehead atoms. The van der Waals surface area contributed by atoms with E-state index in [1.165, 1.54) is 4.90 Å². The van der Waals surface area contributed by atoms with Gasteiger partial charge in [0, 0.05) is 17.6 Å². The number of hydrogen-bond donors (Lipinski definition) is 1. The zero-order chi connectivity index (χ0) is 24.6. The molecule has 0 spiro atoms. The van der Waals surface area contributed by atoms with Crippen molar-refractivity contribution in [2.45, 2.75) is 46.2 Å². The summed E-state index contributed by atoms with van der Waals surface area (Å²) in [6, 6.07) is 13.7. The summed E-state index contributed by atoms with van der Waals surface area (Å²) in [6.45, 7) is 5.80. The fraction of sp³-hybridized carbons (Fsp3) is 0.417. The normalized spacial score (nSPS) is 12.2. The van der Waals surface area contributed by atoms with Crippen LogP contribution in [-0.4, -0.2) is 50.5 Å². The van der Waals surface area contributed by atoms with E-state index in [1.54, 1.807) is 32.0 Å². The number of sulfonamides is 1. The first-order chi connectivity index (χ1) is 15.5. The molecular weight excluding hydrogens is 506 g/mol. The zero-order valence-corrected chi connectivity index (χ0v) is 21.9. The maximum Gasteiger partial charge on any atom is 0.244 e. The molecule has 0 fully saturated rings. The van der Waals surface area contributed by atoms with Crippen molar-refractivity contribution >= 4 is 43.5 Å². The topological polar surface area (TPSA) is 86.8 Å². The number of rotatable bonds is 11. The Morgan fingerprint density at radius 1 is 1.09 bits per heavy atom. The average molecular weight is 539 g/mol. The standard InChI is InChI=1S/C24H32BrN3O4S/c1-5-6-15-26-24(30)19(3)27(16-20-11-13-21(25)14-12-20)23(29)17-28(33(4,31)32)22-10-8-7-9-18(22)2/h7-14,19H,5-6,15-17H2,1-4H3,(H,26,30)/t19-/m0/s1. The van der Waals surface area contributed by atoms with E-state index in [0.717, 1.165) is 39.0 Å². The monoisotopic (exact) mass is 537 g/mol. The number of para-hydroxylation sites is 1. The predicted octanol–water partition coefficient (Wildman–Crippen LogP) is 3.86. The van der Waals surface area contributed by atoms with Crippen LogP contribution in [0, 0.1) is 6.92 Å². The minimum Gasteiger partial charge on any atom is -0.354 e. The summed E-state index contributed by atoms with van der Waals surface area (Å²) in [7, 11) is -3.73. The van der Waals surface area contributed by atoms with Gasteiger partial charge in [0.15, 0.2) is 0 Å². The summed E-state index contributed by atoms with van der Waals surface area (Å²) in [5.74, 6) is -0.722. The molecule has 0 aliphatic heterocycles. The van der Waals surface area contributed by atoms with E-state index in [9.17, 15) is 18.0 Å². The van der Waals surface area contributed by atoms with Gasteiger partial charge in [-0.15, -0.1) is 0 Å². The second-order valence-electron chi connectivity index (χ2n) is 8.02. The maximum atomic E-state index is 13.5. The number of halogens is 1. The minimum absolute atomic E-state index is 0.180. The van der Waals surface area contributed by atoms with Gasteiger partial charge in [-0.05, 0) is 49.6 Å². The molecule has 2 aromatic carbocycles. The third-order valence-electron chi connectivity index (χ3n) is 5.33. The minimum atomic E-state index is -3.73. The molecule has 2 amide bonds. The number of unbranched alkanes of at least 4 members (excludes halogenated alkanes) is 1. The van der Waals surface area contributed by atoms with Crippen molar-refractivity contribution in [3.05, 3.63) is 64.1 Å². The van der Waals surface area contributed by atoms with Crippen LogP contribution < -0.4 is 9.62 Å². The van der Waals surface area contributed by atoms with Gasteiger partial charge in [-0.1, -0.05) is 59.6 Å². The first-order valence-electron chi connectivity index (χ1n) is 10.9. The molecule has 7 nitrogen and oxygen atoms in total. The van der Waals surface area contributed by atoms with E-state index in [2.05, 4.69) is 21.2 Å². The molecule has 1 atom stereocenters. The van der Waals surface area contributed by atoms with Gasteiger partial charge >= 0.3 is 0 Å². The van der Waals surface area contributed by atoms with Crippen molar-refractivity contribution in [1.82, 2.24) is 10.2 Å². The zero-order valence-electron chi connectivity index (χ0n) is 19.5. The molecule has 0 saturated heterocycles. The number of nitrogens with zero attached hydrogens (tertiary/aromatic N) is 2. The smallest absolute Gasteiger partial charge is 0.244 e. The number of hydrogen-bond acceptors (Lipinski definition) is 4. The predicted molar refractivity (Wildman–Crippen MR) is 135 cm³/mol. The van der Waals surface area contributed by atoms with Crippen molar-refractivity contribution in [3.8, 4) is 0 Å². The highest BCUT2D eigenvalue weighted by atomic mass is 79.9. The molecule has 0 saturated carbocycles. The van der Waals surface area contributed by atoms with Crippen LogP contribution in [0.2, 0.25) is 0 Å². The Balaban J connectivity index is 2.34. The number of carbonyl (C=O) groups excluding carboxylic acids is 2.